The lowest BCUT2D eigenvalue weighted by molar-refractivity contribution is -0.149. The number of esters is 2. The second-order valence-electron chi connectivity index (χ2n) is 11.9. The van der Waals surface area contributed by atoms with Crippen LogP contribution in [0.5, 0.6) is 0 Å². The largest absolute Gasteiger partial charge is 0.465 e. The highest BCUT2D eigenvalue weighted by atomic mass is 16.6. The van der Waals surface area contributed by atoms with E-state index >= 15 is 0 Å². The van der Waals surface area contributed by atoms with Gasteiger partial charge in [-0.05, 0) is 92.0 Å². The van der Waals surface area contributed by atoms with E-state index < -0.39 is 22.5 Å². The fourth-order valence-electron chi connectivity index (χ4n) is 4.37. The Kier molecular flexibility index (Phi) is 9.36. The molecule has 0 unspecified atom stereocenters. The van der Waals surface area contributed by atoms with Crippen LogP contribution < -0.4 is 0 Å². The summed E-state index contributed by atoms with van der Waals surface area (Å²) < 4.78 is 17.3. The Morgan fingerprint density at radius 1 is 0.732 bits per heavy atom. The van der Waals surface area contributed by atoms with E-state index in [1.807, 2.05) is 102 Å². The topological polar surface area (TPSA) is 99.6 Å². The van der Waals surface area contributed by atoms with E-state index in [0.717, 1.165) is 22.0 Å². The molecule has 2 aromatic carbocycles. The molecule has 0 radical (unpaired) electrons. The molecule has 0 aliphatic rings. The molecule has 0 saturated carbocycles. The van der Waals surface area contributed by atoms with E-state index in [2.05, 4.69) is 4.98 Å². The zero-order valence-corrected chi connectivity index (χ0v) is 25.6. The van der Waals surface area contributed by atoms with E-state index in [1.54, 1.807) is 20.8 Å². The standard InChI is InChI=1S/C19H25NO4.C14H17NO2/c1-7-23-16(21)19(5,6)15-12-13-10-8-9-11-14(13)20(15)17(22)24-18(2,3)4;1-4-17-13(16)14(2,3)12-9-10-7-5-6-8-11(10)15-12/h8-12H,7H2,1-6H3;5-9,15H,4H2,1-3H3. The van der Waals surface area contributed by atoms with Gasteiger partial charge in [0.05, 0.1) is 18.7 Å². The van der Waals surface area contributed by atoms with Crippen molar-refractivity contribution in [2.75, 3.05) is 13.2 Å². The van der Waals surface area contributed by atoms with Gasteiger partial charge in [-0.15, -0.1) is 0 Å². The molecule has 4 rings (SSSR count). The van der Waals surface area contributed by atoms with E-state index in [0.29, 0.717) is 17.8 Å². The number of para-hydroxylation sites is 2. The summed E-state index contributed by atoms with van der Waals surface area (Å²) >= 11 is 0. The molecule has 41 heavy (non-hydrogen) atoms. The van der Waals surface area contributed by atoms with E-state index in [9.17, 15) is 14.4 Å². The molecule has 220 valence electrons. The number of hydrogen-bond donors (Lipinski definition) is 1. The van der Waals surface area contributed by atoms with Gasteiger partial charge in [-0.25, -0.2) is 9.36 Å². The molecule has 4 aromatic rings. The Bertz CT molecular complexity index is 1500. The maximum absolute atomic E-state index is 12.8. The monoisotopic (exact) mass is 562 g/mol. The van der Waals surface area contributed by atoms with Crippen LogP contribution in [-0.4, -0.2) is 46.4 Å². The molecule has 8 nitrogen and oxygen atoms in total. The molecule has 0 aliphatic carbocycles. The number of aromatic amines is 1. The third-order valence-electron chi connectivity index (χ3n) is 6.70. The van der Waals surface area contributed by atoms with Crippen molar-refractivity contribution in [3.63, 3.8) is 0 Å². The fourth-order valence-corrected chi connectivity index (χ4v) is 4.37. The average molecular weight is 563 g/mol. The van der Waals surface area contributed by atoms with Crippen LogP contribution in [0.3, 0.4) is 0 Å². The fraction of sp³-hybridized carbons (Fsp3) is 0.424. The van der Waals surface area contributed by atoms with Crippen LogP contribution in [0.1, 0.15) is 73.7 Å². The number of fused-ring (bicyclic) bond motifs is 2. The normalized spacial score (nSPS) is 12.0. The molecule has 0 amide bonds. The molecule has 0 spiro atoms. The number of hydrogen-bond acceptors (Lipinski definition) is 6. The quantitative estimate of drug-likeness (QED) is 0.196. The third kappa shape index (κ3) is 6.99. The summed E-state index contributed by atoms with van der Waals surface area (Å²) in [4.78, 5) is 40.4. The summed E-state index contributed by atoms with van der Waals surface area (Å²) in [6, 6.07) is 19.3. The molecule has 0 aliphatic heterocycles. The van der Waals surface area contributed by atoms with Crippen LogP contribution in [-0.2, 0) is 34.6 Å². The molecular formula is C33H42N2O6. The summed E-state index contributed by atoms with van der Waals surface area (Å²) in [5, 5.41) is 1.98. The lowest BCUT2D eigenvalue weighted by Gasteiger charge is -2.26. The van der Waals surface area contributed by atoms with Crippen molar-refractivity contribution in [3.8, 4) is 0 Å². The van der Waals surface area contributed by atoms with Crippen molar-refractivity contribution >= 4 is 39.8 Å². The first-order chi connectivity index (χ1) is 19.1. The number of benzene rings is 2. The van der Waals surface area contributed by atoms with Gasteiger partial charge in [0.1, 0.15) is 16.4 Å². The number of aromatic nitrogens is 2. The molecular weight excluding hydrogens is 520 g/mol. The van der Waals surface area contributed by atoms with Crippen LogP contribution in [0.25, 0.3) is 21.8 Å². The number of ether oxygens (including phenoxy) is 3. The molecule has 0 atom stereocenters. The second kappa shape index (κ2) is 12.2. The molecule has 2 heterocycles. The maximum atomic E-state index is 12.8. The average Bonchev–Trinajstić information content (AvgIpc) is 3.51. The van der Waals surface area contributed by atoms with Crippen LogP contribution >= 0.6 is 0 Å². The smallest absolute Gasteiger partial charge is 0.419 e. The number of carbonyl (C=O) groups is 3. The Hall–Kier alpha value is -4.07. The van der Waals surface area contributed by atoms with Crippen molar-refractivity contribution in [2.24, 2.45) is 0 Å². The minimum Gasteiger partial charge on any atom is -0.465 e. The Labute approximate surface area is 242 Å². The van der Waals surface area contributed by atoms with E-state index in [-0.39, 0.29) is 18.5 Å². The van der Waals surface area contributed by atoms with Gasteiger partial charge >= 0.3 is 18.0 Å². The number of nitrogens with one attached hydrogen (secondary N) is 1. The number of H-pyrrole nitrogens is 1. The van der Waals surface area contributed by atoms with Crippen molar-refractivity contribution in [3.05, 3.63) is 72.1 Å². The van der Waals surface area contributed by atoms with Crippen LogP contribution in [0.2, 0.25) is 0 Å². The van der Waals surface area contributed by atoms with E-state index in [1.165, 1.54) is 4.57 Å². The Balaban J connectivity index is 0.000000239. The zero-order chi connectivity index (χ0) is 30.6. The van der Waals surface area contributed by atoms with Crippen molar-refractivity contribution in [1.82, 2.24) is 9.55 Å². The predicted molar refractivity (Wildman–Crippen MR) is 161 cm³/mol. The highest BCUT2D eigenvalue weighted by molar-refractivity contribution is 5.94. The number of carbonyl (C=O) groups excluding carboxylic acids is 3. The van der Waals surface area contributed by atoms with Crippen molar-refractivity contribution in [1.29, 1.82) is 0 Å². The lowest BCUT2D eigenvalue weighted by Crippen LogP contribution is -2.36. The minimum absolute atomic E-state index is 0.202. The number of rotatable bonds is 6. The molecule has 0 bridgehead atoms. The summed E-state index contributed by atoms with van der Waals surface area (Å²) in [6.45, 7) is 17.0. The van der Waals surface area contributed by atoms with Gasteiger partial charge in [0, 0.05) is 22.3 Å². The molecule has 0 fully saturated rings. The first kappa shape index (κ1) is 31.5. The lowest BCUT2D eigenvalue weighted by atomic mass is 9.89. The molecule has 1 N–H and O–H groups in total. The molecule has 0 saturated heterocycles. The Morgan fingerprint density at radius 3 is 1.83 bits per heavy atom. The van der Waals surface area contributed by atoms with Gasteiger partial charge in [0.2, 0.25) is 0 Å². The van der Waals surface area contributed by atoms with Crippen molar-refractivity contribution in [2.45, 2.75) is 78.7 Å². The van der Waals surface area contributed by atoms with Gasteiger partial charge in [0.15, 0.2) is 0 Å². The Morgan fingerprint density at radius 2 is 1.27 bits per heavy atom. The van der Waals surface area contributed by atoms with Crippen LogP contribution in [0, 0.1) is 0 Å². The SMILES string of the molecule is CCOC(=O)C(C)(C)c1cc2ccccc2[nH]1.CCOC(=O)C(C)(C)c1cc2ccccc2n1C(=O)OC(C)(C)C. The maximum Gasteiger partial charge on any atom is 0.419 e. The van der Waals surface area contributed by atoms with E-state index in [4.69, 9.17) is 14.2 Å². The van der Waals surface area contributed by atoms with Gasteiger partial charge in [-0.3, -0.25) is 9.59 Å². The van der Waals surface area contributed by atoms with Crippen LogP contribution in [0.15, 0.2) is 60.7 Å². The number of nitrogens with zero attached hydrogens (tertiary/aromatic N) is 1. The van der Waals surface area contributed by atoms with Gasteiger partial charge in [0.25, 0.3) is 0 Å². The first-order valence-corrected chi connectivity index (χ1v) is 13.9. The summed E-state index contributed by atoms with van der Waals surface area (Å²) in [5.41, 5.74) is 0.932. The second-order valence-corrected chi connectivity index (χ2v) is 11.9. The van der Waals surface area contributed by atoms with Gasteiger partial charge in [-0.2, -0.15) is 0 Å². The summed E-state index contributed by atoms with van der Waals surface area (Å²) in [6.07, 6.45) is -0.504. The highest BCUT2D eigenvalue weighted by Gasteiger charge is 2.37. The summed E-state index contributed by atoms with van der Waals surface area (Å²) in [7, 11) is 0. The molecule has 2 aromatic heterocycles. The summed E-state index contributed by atoms with van der Waals surface area (Å²) in [5.74, 6) is -0.579. The first-order valence-electron chi connectivity index (χ1n) is 13.9. The van der Waals surface area contributed by atoms with Gasteiger partial charge < -0.3 is 19.2 Å². The zero-order valence-electron chi connectivity index (χ0n) is 25.6. The van der Waals surface area contributed by atoms with Gasteiger partial charge in [-0.1, -0.05) is 36.4 Å². The highest BCUT2D eigenvalue weighted by Crippen LogP contribution is 2.32. The molecule has 8 heteroatoms. The predicted octanol–water partition coefficient (Wildman–Crippen LogP) is 7.27. The third-order valence-corrected chi connectivity index (χ3v) is 6.70. The minimum atomic E-state index is -0.980. The van der Waals surface area contributed by atoms with Crippen LogP contribution in [0.4, 0.5) is 4.79 Å². The van der Waals surface area contributed by atoms with Crippen molar-refractivity contribution < 1.29 is 28.6 Å².